The van der Waals surface area contributed by atoms with Crippen molar-refractivity contribution in [2.45, 2.75) is 38.0 Å². The van der Waals surface area contributed by atoms with E-state index < -0.39 is 35.8 Å². The Morgan fingerprint density at radius 1 is 0.794 bits per heavy atom. The van der Waals surface area contributed by atoms with E-state index in [2.05, 4.69) is 4.74 Å². The summed E-state index contributed by atoms with van der Waals surface area (Å²) in [7, 11) is 4.95. The predicted molar refractivity (Wildman–Crippen MR) is 131 cm³/mol. The van der Waals surface area contributed by atoms with E-state index in [0.29, 0.717) is 13.1 Å². The molecular formula is C22H30N4O6S2. The molecule has 2 amide bonds. The van der Waals surface area contributed by atoms with Gasteiger partial charge in [0.15, 0.2) is 0 Å². The van der Waals surface area contributed by atoms with E-state index in [9.17, 15) is 19.2 Å². The number of aryl methyl sites for hydroxylation is 2. The molecule has 2 heterocycles. The molecule has 0 saturated heterocycles. The summed E-state index contributed by atoms with van der Waals surface area (Å²) < 4.78 is 13.2. The fourth-order valence-electron chi connectivity index (χ4n) is 3.05. The SMILES string of the molecule is COC(=O)C(N)CSSC[C@@H](C(=O)OC)N(C(=O)CCn1cccc1)C(=O)CCn1cccc1. The number of rotatable bonds is 14. The van der Waals surface area contributed by atoms with Crippen LogP contribution in [-0.4, -0.2) is 75.6 Å². The lowest BCUT2D eigenvalue weighted by molar-refractivity contribution is -0.159. The van der Waals surface area contributed by atoms with Crippen LogP contribution in [-0.2, 0) is 41.7 Å². The van der Waals surface area contributed by atoms with E-state index in [1.54, 1.807) is 0 Å². The van der Waals surface area contributed by atoms with Gasteiger partial charge in [0.2, 0.25) is 11.8 Å². The first-order valence-corrected chi connectivity index (χ1v) is 13.1. The summed E-state index contributed by atoms with van der Waals surface area (Å²) in [5, 5.41) is 0. The third kappa shape index (κ3) is 8.58. The first-order chi connectivity index (χ1) is 16.4. The molecule has 0 aromatic carbocycles. The van der Waals surface area contributed by atoms with Gasteiger partial charge in [0, 0.05) is 62.2 Å². The maximum Gasteiger partial charge on any atom is 0.329 e. The maximum atomic E-state index is 13.2. The number of nitrogens with zero attached hydrogens (tertiary/aromatic N) is 3. The average molecular weight is 511 g/mol. The molecule has 1 unspecified atom stereocenters. The number of esters is 2. The van der Waals surface area contributed by atoms with E-state index >= 15 is 0 Å². The Hall–Kier alpha value is -2.70. The Labute approximate surface area is 206 Å². The summed E-state index contributed by atoms with van der Waals surface area (Å²) >= 11 is 0. The second-order valence-electron chi connectivity index (χ2n) is 7.24. The molecule has 0 aliphatic heterocycles. The van der Waals surface area contributed by atoms with Crippen LogP contribution in [0.3, 0.4) is 0 Å². The Morgan fingerprint density at radius 2 is 1.24 bits per heavy atom. The summed E-state index contributed by atoms with van der Waals surface area (Å²) in [5.74, 6) is -1.81. The fourth-order valence-corrected chi connectivity index (χ4v) is 5.35. The van der Waals surface area contributed by atoms with Crippen molar-refractivity contribution in [3.05, 3.63) is 49.1 Å². The van der Waals surface area contributed by atoms with Gasteiger partial charge in [0.1, 0.15) is 12.1 Å². The number of nitrogens with two attached hydrogens (primary N) is 1. The second kappa shape index (κ2) is 14.5. The molecule has 0 aliphatic rings. The monoisotopic (exact) mass is 510 g/mol. The molecule has 2 rings (SSSR count). The Balaban J connectivity index is 2.10. The molecular weight excluding hydrogens is 480 g/mol. The zero-order valence-electron chi connectivity index (χ0n) is 19.2. The lowest BCUT2D eigenvalue weighted by atomic mass is 10.2. The summed E-state index contributed by atoms with van der Waals surface area (Å²) in [4.78, 5) is 51.4. The highest BCUT2D eigenvalue weighted by Crippen LogP contribution is 2.25. The summed E-state index contributed by atoms with van der Waals surface area (Å²) in [6.07, 6.45) is 7.37. The largest absolute Gasteiger partial charge is 0.468 e. The number of carbonyl (C=O) groups excluding carboxylic acids is 4. The Morgan fingerprint density at radius 3 is 1.68 bits per heavy atom. The molecule has 0 aliphatic carbocycles. The van der Waals surface area contributed by atoms with Crippen molar-refractivity contribution in [2.24, 2.45) is 5.73 Å². The molecule has 34 heavy (non-hydrogen) atoms. The lowest BCUT2D eigenvalue weighted by Crippen LogP contribution is -2.50. The molecule has 0 bridgehead atoms. The zero-order valence-corrected chi connectivity index (χ0v) is 20.8. The van der Waals surface area contributed by atoms with Crippen LogP contribution in [0, 0.1) is 0 Å². The van der Waals surface area contributed by atoms with E-state index in [4.69, 9.17) is 10.5 Å². The number of ether oxygens (including phenoxy) is 2. The highest BCUT2D eigenvalue weighted by atomic mass is 33.1. The molecule has 0 radical (unpaired) electrons. The van der Waals surface area contributed by atoms with Crippen LogP contribution in [0.15, 0.2) is 49.1 Å². The van der Waals surface area contributed by atoms with Crippen LogP contribution < -0.4 is 5.73 Å². The van der Waals surface area contributed by atoms with Crippen molar-refractivity contribution < 1.29 is 28.7 Å². The standard InChI is InChI=1S/C22H30N4O6S2/c1-31-21(29)17(23)15-33-34-16-18(22(30)32-2)26(19(27)7-13-24-9-3-4-10-24)20(28)8-14-25-11-5-6-12-25/h3-6,9-12,17-18H,7-8,13-16,23H2,1-2H3/t17?,18-/m0/s1. The molecule has 10 nitrogen and oxygen atoms in total. The van der Waals surface area contributed by atoms with Gasteiger partial charge in [0.05, 0.1) is 14.2 Å². The van der Waals surface area contributed by atoms with Crippen molar-refractivity contribution in [3.63, 3.8) is 0 Å². The third-order valence-electron chi connectivity index (χ3n) is 4.88. The van der Waals surface area contributed by atoms with Gasteiger partial charge in [-0.05, 0) is 24.3 Å². The molecule has 186 valence electrons. The average Bonchev–Trinajstić information content (AvgIpc) is 3.56. The van der Waals surface area contributed by atoms with Crippen molar-refractivity contribution >= 4 is 45.3 Å². The lowest BCUT2D eigenvalue weighted by Gasteiger charge is -2.28. The summed E-state index contributed by atoms with van der Waals surface area (Å²) in [6, 6.07) is 5.44. The van der Waals surface area contributed by atoms with E-state index in [1.807, 2.05) is 58.2 Å². The van der Waals surface area contributed by atoms with Crippen LogP contribution >= 0.6 is 21.6 Å². The Kier molecular flexibility index (Phi) is 11.8. The van der Waals surface area contributed by atoms with Crippen LogP contribution in [0.25, 0.3) is 0 Å². The van der Waals surface area contributed by atoms with E-state index in [1.165, 1.54) is 35.8 Å². The fraction of sp³-hybridized carbons (Fsp3) is 0.455. The normalized spacial score (nSPS) is 12.6. The summed E-state index contributed by atoms with van der Waals surface area (Å²) in [5.41, 5.74) is 5.74. The molecule has 2 aromatic heterocycles. The molecule has 12 heteroatoms. The van der Waals surface area contributed by atoms with Gasteiger partial charge in [-0.15, -0.1) is 0 Å². The summed E-state index contributed by atoms with van der Waals surface area (Å²) in [6.45, 7) is 0.744. The quantitative estimate of drug-likeness (QED) is 0.229. The number of hydrogen-bond acceptors (Lipinski definition) is 9. The molecule has 0 spiro atoms. The number of carbonyl (C=O) groups is 4. The van der Waals surface area contributed by atoms with Crippen molar-refractivity contribution in [1.29, 1.82) is 0 Å². The van der Waals surface area contributed by atoms with Gasteiger partial charge in [-0.1, -0.05) is 21.6 Å². The minimum Gasteiger partial charge on any atom is -0.468 e. The third-order valence-corrected chi connectivity index (χ3v) is 7.31. The number of amides is 2. The molecule has 2 atom stereocenters. The zero-order chi connectivity index (χ0) is 24.9. The van der Waals surface area contributed by atoms with E-state index in [-0.39, 0.29) is 24.3 Å². The second-order valence-corrected chi connectivity index (χ2v) is 9.79. The van der Waals surface area contributed by atoms with Crippen LogP contribution in [0.4, 0.5) is 0 Å². The predicted octanol–water partition coefficient (Wildman–Crippen LogP) is 1.55. The van der Waals surface area contributed by atoms with Crippen molar-refractivity contribution in [2.75, 3.05) is 25.7 Å². The number of aromatic nitrogens is 2. The van der Waals surface area contributed by atoms with Crippen molar-refractivity contribution in [1.82, 2.24) is 14.0 Å². The van der Waals surface area contributed by atoms with Crippen LogP contribution in [0.5, 0.6) is 0 Å². The topological polar surface area (TPSA) is 126 Å². The Bertz CT molecular complexity index is 870. The first kappa shape index (κ1) is 27.5. The number of hydrogen-bond donors (Lipinski definition) is 1. The van der Waals surface area contributed by atoms with Crippen LogP contribution in [0.2, 0.25) is 0 Å². The highest BCUT2D eigenvalue weighted by molar-refractivity contribution is 8.76. The van der Waals surface area contributed by atoms with Gasteiger partial charge >= 0.3 is 11.9 Å². The molecule has 0 saturated carbocycles. The van der Waals surface area contributed by atoms with Gasteiger partial charge < -0.3 is 24.3 Å². The smallest absolute Gasteiger partial charge is 0.329 e. The van der Waals surface area contributed by atoms with E-state index in [0.717, 1.165) is 4.90 Å². The molecule has 2 aromatic rings. The van der Waals surface area contributed by atoms with Crippen molar-refractivity contribution in [3.8, 4) is 0 Å². The highest BCUT2D eigenvalue weighted by Gasteiger charge is 2.35. The van der Waals surface area contributed by atoms with Gasteiger partial charge in [-0.2, -0.15) is 0 Å². The van der Waals surface area contributed by atoms with Gasteiger partial charge in [-0.25, -0.2) is 4.79 Å². The van der Waals surface area contributed by atoms with Crippen LogP contribution in [0.1, 0.15) is 12.8 Å². The molecule has 0 fully saturated rings. The van der Waals surface area contributed by atoms with Gasteiger partial charge in [-0.3, -0.25) is 19.3 Å². The minimum absolute atomic E-state index is 0.0441. The molecule has 2 N–H and O–H groups in total. The number of methoxy groups -OCH3 is 2. The first-order valence-electron chi connectivity index (χ1n) is 10.6. The maximum absolute atomic E-state index is 13.2. The van der Waals surface area contributed by atoms with Gasteiger partial charge in [0.25, 0.3) is 0 Å². The number of imide groups is 1. The minimum atomic E-state index is -1.11.